The molecule has 1 radical (unpaired) electrons. The van der Waals surface area contributed by atoms with E-state index in [1.165, 1.54) is 17.3 Å². The van der Waals surface area contributed by atoms with Crippen LogP contribution in [0.3, 0.4) is 0 Å². The van der Waals surface area contributed by atoms with Gasteiger partial charge >= 0.3 is 12.6 Å². The molecule has 7 rings (SSSR count). The lowest BCUT2D eigenvalue weighted by Crippen LogP contribution is -2.47. The third-order valence-corrected chi connectivity index (χ3v) is 10.5. The standard InChI is InChI=1S/C45H44ClF2N8O5/c1-28(31-15-19-37(46)36(20-31)39-49-27-54(53-39)23-32-14-18-35(59-5)21-38(32)60-6)56-40(57)45(26-44(2,3)4,52-42(56)51-43(58)61-25-29-10-8-7-9-11-29)34-16-12-30(13-17-34)33-22-50-55(24-33)41(47)48/h7-22,24,27-28,41H,1,23,25-26H2,2-6H3,(H,51,52,58)/t28-,45+/m0/s1. The van der Waals surface area contributed by atoms with Crippen LogP contribution in [0.2, 0.25) is 5.02 Å². The fraction of sp³-hybridized carbons (Fsp3) is 0.267. The molecule has 16 heteroatoms. The molecule has 4 aromatic carbocycles. The molecule has 6 aromatic rings. The number of alkyl halides is 2. The number of nitrogens with zero attached hydrogens (tertiary/aromatic N) is 7. The SMILES string of the molecule is [CH2][C@@H](c1ccc(Cl)c(-c2ncn(Cc3ccc(OC)cc3OC)n2)c1)N1C(=O)[C@@](CC(C)(C)C)(c2ccc(-c3cnn(C(F)F)c3)cc2)NC1=NC(=O)OCc1ccccc1. The maximum Gasteiger partial charge on any atom is 0.437 e. The minimum atomic E-state index is -2.79. The molecule has 61 heavy (non-hydrogen) atoms. The minimum absolute atomic E-state index is 0.0413. The molecule has 0 unspecified atom stereocenters. The summed E-state index contributed by atoms with van der Waals surface area (Å²) >= 11 is 6.77. The highest BCUT2D eigenvalue weighted by atomic mass is 35.5. The van der Waals surface area contributed by atoms with Crippen LogP contribution >= 0.6 is 11.6 Å². The van der Waals surface area contributed by atoms with Crippen molar-refractivity contribution in [2.24, 2.45) is 10.4 Å². The second kappa shape index (κ2) is 17.5. The van der Waals surface area contributed by atoms with Crippen molar-refractivity contribution in [3.63, 3.8) is 0 Å². The first-order chi connectivity index (χ1) is 29.2. The molecule has 1 aliphatic rings. The van der Waals surface area contributed by atoms with Crippen LogP contribution in [0, 0.1) is 12.3 Å². The average molecular weight is 850 g/mol. The molecule has 1 N–H and O–H groups in total. The average Bonchev–Trinajstić information content (AvgIpc) is 3.99. The summed E-state index contributed by atoms with van der Waals surface area (Å²) in [6.07, 6.45) is 3.53. The Hall–Kier alpha value is -6.61. The van der Waals surface area contributed by atoms with E-state index in [-0.39, 0.29) is 19.0 Å². The molecule has 2 atom stereocenters. The predicted molar refractivity (Wildman–Crippen MR) is 226 cm³/mol. The molecule has 2 aromatic heterocycles. The van der Waals surface area contributed by atoms with Crippen LogP contribution in [-0.4, -0.2) is 61.6 Å². The van der Waals surface area contributed by atoms with Crippen molar-refractivity contribution in [3.8, 4) is 34.0 Å². The number of nitrogens with one attached hydrogen (secondary N) is 1. The fourth-order valence-electron chi connectivity index (χ4n) is 7.29. The van der Waals surface area contributed by atoms with Gasteiger partial charge in [0.15, 0.2) is 5.82 Å². The summed E-state index contributed by atoms with van der Waals surface area (Å²) in [6, 6.07) is 25.8. The largest absolute Gasteiger partial charge is 0.497 e. The van der Waals surface area contributed by atoms with Crippen LogP contribution < -0.4 is 14.8 Å². The second-order valence-corrected chi connectivity index (χ2v) is 16.1. The molecule has 2 amide bonds. The van der Waals surface area contributed by atoms with Crippen LogP contribution in [0.25, 0.3) is 22.5 Å². The zero-order chi connectivity index (χ0) is 43.5. The molecule has 0 aliphatic carbocycles. The van der Waals surface area contributed by atoms with Crippen molar-refractivity contribution in [1.82, 2.24) is 34.8 Å². The van der Waals surface area contributed by atoms with E-state index in [4.69, 9.17) is 30.9 Å². The van der Waals surface area contributed by atoms with E-state index >= 15 is 4.79 Å². The first-order valence-corrected chi connectivity index (χ1v) is 19.6. The number of rotatable bonds is 13. The Labute approximate surface area is 356 Å². The highest BCUT2D eigenvalue weighted by molar-refractivity contribution is 6.33. The first kappa shape index (κ1) is 42.5. The maximum absolute atomic E-state index is 15.2. The number of benzene rings is 4. The zero-order valence-corrected chi connectivity index (χ0v) is 34.9. The normalized spacial score (nSPS) is 16.5. The number of amides is 2. The topological polar surface area (TPSA) is 138 Å². The monoisotopic (exact) mass is 849 g/mol. The minimum Gasteiger partial charge on any atom is -0.497 e. The van der Waals surface area contributed by atoms with Gasteiger partial charge in [-0.15, -0.1) is 4.99 Å². The van der Waals surface area contributed by atoms with Crippen molar-refractivity contribution in [2.45, 2.75) is 58.5 Å². The third-order valence-electron chi connectivity index (χ3n) is 10.1. The smallest absolute Gasteiger partial charge is 0.437 e. The summed E-state index contributed by atoms with van der Waals surface area (Å²) in [5.74, 6) is 1.12. The Morgan fingerprint density at radius 1 is 0.984 bits per heavy atom. The lowest BCUT2D eigenvalue weighted by atomic mass is 9.75. The number of methoxy groups -OCH3 is 2. The van der Waals surface area contributed by atoms with Gasteiger partial charge in [-0.1, -0.05) is 93.0 Å². The Kier molecular flexibility index (Phi) is 12.2. The summed E-state index contributed by atoms with van der Waals surface area (Å²) in [6.45, 7) is 7.92. The van der Waals surface area contributed by atoms with Crippen molar-refractivity contribution in [2.75, 3.05) is 14.2 Å². The van der Waals surface area contributed by atoms with E-state index in [0.29, 0.717) is 61.4 Å². The van der Waals surface area contributed by atoms with E-state index < -0.39 is 35.5 Å². The summed E-state index contributed by atoms with van der Waals surface area (Å²) in [5, 5.41) is 12.2. The first-order valence-electron chi connectivity index (χ1n) is 19.3. The van der Waals surface area contributed by atoms with E-state index in [1.54, 1.807) is 73.8 Å². The lowest BCUT2D eigenvalue weighted by Gasteiger charge is -2.34. The Balaban J connectivity index is 1.25. The molecule has 1 fully saturated rings. The molecule has 3 heterocycles. The lowest BCUT2D eigenvalue weighted by molar-refractivity contribution is -0.133. The number of aromatic nitrogens is 5. The highest BCUT2D eigenvalue weighted by Crippen LogP contribution is 2.43. The Morgan fingerprint density at radius 3 is 2.41 bits per heavy atom. The number of carbonyl (C=O) groups excluding carboxylic acids is 2. The van der Waals surface area contributed by atoms with Crippen LogP contribution in [-0.2, 0) is 28.2 Å². The summed E-state index contributed by atoms with van der Waals surface area (Å²) in [7, 11) is 3.16. The van der Waals surface area contributed by atoms with Gasteiger partial charge in [0, 0.05) is 29.0 Å². The number of halogens is 3. The van der Waals surface area contributed by atoms with Gasteiger partial charge in [0.1, 0.15) is 30.0 Å². The molecular formula is C45H44ClF2N8O5. The third kappa shape index (κ3) is 9.26. The van der Waals surface area contributed by atoms with Crippen molar-refractivity contribution in [1.29, 1.82) is 0 Å². The molecule has 0 bridgehead atoms. The quantitative estimate of drug-likeness (QED) is 0.121. The van der Waals surface area contributed by atoms with Gasteiger partial charge in [-0.3, -0.25) is 9.69 Å². The van der Waals surface area contributed by atoms with Crippen molar-refractivity contribution in [3.05, 3.63) is 144 Å². The zero-order valence-electron chi connectivity index (χ0n) is 34.2. The van der Waals surface area contributed by atoms with Gasteiger partial charge in [0.05, 0.1) is 38.0 Å². The number of hydrogen-bond acceptors (Lipinski definition) is 8. The number of guanidine groups is 1. The van der Waals surface area contributed by atoms with Gasteiger partial charge in [0.25, 0.3) is 5.91 Å². The van der Waals surface area contributed by atoms with Crippen molar-refractivity contribution < 1.29 is 32.6 Å². The molecule has 315 valence electrons. The summed E-state index contributed by atoms with van der Waals surface area (Å²) < 4.78 is 45.3. The van der Waals surface area contributed by atoms with E-state index in [0.717, 1.165) is 11.1 Å². The van der Waals surface area contributed by atoms with Crippen LogP contribution in [0.15, 0.2) is 115 Å². The van der Waals surface area contributed by atoms with Gasteiger partial charge in [0.2, 0.25) is 5.96 Å². The van der Waals surface area contributed by atoms with Gasteiger partial charge in [-0.05, 0) is 65.3 Å². The van der Waals surface area contributed by atoms with Crippen LogP contribution in [0.4, 0.5) is 13.6 Å². The molecular weight excluding hydrogens is 806 g/mol. The molecule has 13 nitrogen and oxygen atoms in total. The number of aliphatic imine (C=N–C) groups is 1. The van der Waals surface area contributed by atoms with E-state index in [1.807, 2.05) is 63.2 Å². The summed E-state index contributed by atoms with van der Waals surface area (Å²) in [5.41, 5.74) is 2.39. The number of carbonyl (C=O) groups is 2. The predicted octanol–water partition coefficient (Wildman–Crippen LogP) is 9.25. The molecule has 0 spiro atoms. The number of ether oxygens (including phenoxy) is 3. The maximum atomic E-state index is 15.2. The number of hydrogen-bond donors (Lipinski definition) is 1. The van der Waals surface area contributed by atoms with E-state index in [2.05, 4.69) is 27.3 Å². The van der Waals surface area contributed by atoms with Gasteiger partial charge in [-0.2, -0.15) is 19.0 Å². The van der Waals surface area contributed by atoms with E-state index in [9.17, 15) is 13.6 Å². The Morgan fingerprint density at radius 2 is 1.74 bits per heavy atom. The van der Waals surface area contributed by atoms with Gasteiger partial charge in [-0.25, -0.2) is 19.1 Å². The Bertz CT molecular complexity index is 2560. The fourth-order valence-corrected chi connectivity index (χ4v) is 7.49. The second-order valence-electron chi connectivity index (χ2n) is 15.7. The van der Waals surface area contributed by atoms with Gasteiger partial charge < -0.3 is 19.5 Å². The van der Waals surface area contributed by atoms with Crippen LogP contribution in [0.5, 0.6) is 11.5 Å². The van der Waals surface area contributed by atoms with Crippen LogP contribution in [0.1, 0.15) is 62.0 Å². The van der Waals surface area contributed by atoms with Crippen molar-refractivity contribution >= 4 is 29.6 Å². The molecule has 1 saturated heterocycles. The summed E-state index contributed by atoms with van der Waals surface area (Å²) in [4.78, 5) is 38.9. The molecule has 1 aliphatic heterocycles. The molecule has 0 saturated carbocycles. The highest BCUT2D eigenvalue weighted by Gasteiger charge is 2.54.